The lowest BCUT2D eigenvalue weighted by atomic mass is 10.1. The summed E-state index contributed by atoms with van der Waals surface area (Å²) in [7, 11) is 0. The lowest BCUT2D eigenvalue weighted by Crippen LogP contribution is -1.99. The van der Waals surface area contributed by atoms with E-state index in [1.807, 2.05) is 29.6 Å². The molecule has 0 aliphatic carbocycles. The minimum atomic E-state index is -0.0672. The topological polar surface area (TPSA) is 43.1 Å². The highest BCUT2D eigenvalue weighted by molar-refractivity contribution is 9.10. The quantitative estimate of drug-likeness (QED) is 0.667. The molecule has 1 aromatic carbocycles. The number of carbonyl (C=O) groups is 1. The van der Waals surface area contributed by atoms with E-state index in [0.717, 1.165) is 0 Å². The second-order valence-corrected chi connectivity index (χ2v) is 5.48. The van der Waals surface area contributed by atoms with Crippen LogP contribution in [-0.2, 0) is 0 Å². The molecule has 0 aliphatic heterocycles. The molecule has 0 bridgehead atoms. The normalized spacial score (nSPS) is 10.6. The van der Waals surface area contributed by atoms with Crippen LogP contribution < -0.4 is 0 Å². The van der Waals surface area contributed by atoms with Gasteiger partial charge in [0.2, 0.25) is 5.78 Å². The van der Waals surface area contributed by atoms with Gasteiger partial charge in [0, 0.05) is 10.9 Å². The summed E-state index contributed by atoms with van der Waals surface area (Å²) in [6.45, 7) is 0. The number of ketones is 1. The number of halogens is 1. The van der Waals surface area contributed by atoms with Gasteiger partial charge in [0.1, 0.15) is 5.69 Å². The summed E-state index contributed by atoms with van der Waals surface area (Å²) in [6, 6.07) is 12.7. The maximum atomic E-state index is 12.2. The van der Waals surface area contributed by atoms with E-state index in [2.05, 4.69) is 20.9 Å². The summed E-state index contributed by atoms with van der Waals surface area (Å²) < 4.78 is 6.06. The summed E-state index contributed by atoms with van der Waals surface area (Å²) in [4.78, 5) is 16.5. The van der Waals surface area contributed by atoms with Crippen molar-refractivity contribution in [2.24, 2.45) is 0 Å². The fourth-order valence-corrected chi connectivity index (χ4v) is 2.73. The third-order valence-electron chi connectivity index (χ3n) is 2.56. The average Bonchev–Trinajstić information content (AvgIpc) is 3.07. The number of furan rings is 1. The number of rotatable bonds is 3. The molecule has 0 fully saturated rings. The fourth-order valence-electron chi connectivity index (χ4n) is 1.66. The molecule has 3 nitrogen and oxygen atoms in total. The first-order valence-electron chi connectivity index (χ1n) is 5.55. The maximum absolute atomic E-state index is 12.2. The van der Waals surface area contributed by atoms with Crippen LogP contribution in [0, 0.1) is 0 Å². The smallest absolute Gasteiger partial charge is 0.221 e. The average molecular weight is 334 g/mol. The Morgan fingerprint density at radius 2 is 1.95 bits per heavy atom. The molecule has 0 saturated heterocycles. The van der Waals surface area contributed by atoms with Crippen molar-refractivity contribution < 1.29 is 9.21 Å². The summed E-state index contributed by atoms with van der Waals surface area (Å²) >= 11 is 4.56. The SMILES string of the molecule is O=C(c1ccccc1)c1nc(-c2ccc(Br)o2)cs1. The van der Waals surface area contributed by atoms with Gasteiger partial charge < -0.3 is 4.42 Å². The zero-order valence-corrected chi connectivity index (χ0v) is 12.1. The van der Waals surface area contributed by atoms with E-state index >= 15 is 0 Å². The Kier molecular flexibility index (Phi) is 3.31. The molecule has 0 spiro atoms. The van der Waals surface area contributed by atoms with Crippen molar-refractivity contribution >= 4 is 33.0 Å². The number of thiazole rings is 1. The lowest BCUT2D eigenvalue weighted by Gasteiger charge is -1.95. The first kappa shape index (κ1) is 12.3. The predicted octanol–water partition coefficient (Wildman–Crippen LogP) is 4.40. The van der Waals surface area contributed by atoms with Crippen LogP contribution in [-0.4, -0.2) is 10.8 Å². The minimum Gasteiger partial charge on any atom is -0.448 e. The monoisotopic (exact) mass is 333 g/mol. The van der Waals surface area contributed by atoms with Crippen LogP contribution >= 0.6 is 27.3 Å². The molecule has 0 N–H and O–H groups in total. The molecule has 0 unspecified atom stereocenters. The van der Waals surface area contributed by atoms with Gasteiger partial charge in [0.25, 0.3) is 0 Å². The molecule has 0 amide bonds. The largest absolute Gasteiger partial charge is 0.448 e. The summed E-state index contributed by atoms with van der Waals surface area (Å²) in [6.07, 6.45) is 0. The van der Waals surface area contributed by atoms with E-state index in [0.29, 0.717) is 26.7 Å². The molecule has 19 heavy (non-hydrogen) atoms. The molecule has 2 aromatic heterocycles. The first-order valence-corrected chi connectivity index (χ1v) is 7.22. The molecule has 0 radical (unpaired) electrons. The Morgan fingerprint density at radius 3 is 2.63 bits per heavy atom. The maximum Gasteiger partial charge on any atom is 0.221 e. The van der Waals surface area contributed by atoms with Gasteiger partial charge in [-0.1, -0.05) is 30.3 Å². The molecule has 3 rings (SSSR count). The third kappa shape index (κ3) is 2.52. The predicted molar refractivity (Wildman–Crippen MR) is 77.4 cm³/mol. The Labute approximate surface area is 122 Å². The highest BCUT2D eigenvalue weighted by Gasteiger charge is 2.15. The van der Waals surface area contributed by atoms with E-state index in [1.54, 1.807) is 18.2 Å². The van der Waals surface area contributed by atoms with Gasteiger partial charge in [-0.05, 0) is 28.1 Å². The van der Waals surface area contributed by atoms with E-state index in [-0.39, 0.29) is 5.78 Å². The van der Waals surface area contributed by atoms with Crippen LogP contribution in [0.2, 0.25) is 0 Å². The van der Waals surface area contributed by atoms with Crippen molar-refractivity contribution in [3.05, 3.63) is 63.1 Å². The van der Waals surface area contributed by atoms with Crippen molar-refractivity contribution in [2.75, 3.05) is 0 Å². The van der Waals surface area contributed by atoms with E-state index < -0.39 is 0 Å². The van der Waals surface area contributed by atoms with Crippen LogP contribution in [0.1, 0.15) is 15.4 Å². The first-order chi connectivity index (χ1) is 9.24. The second-order valence-electron chi connectivity index (χ2n) is 3.84. The zero-order chi connectivity index (χ0) is 13.2. The summed E-state index contributed by atoms with van der Waals surface area (Å²) in [5.41, 5.74) is 1.32. The van der Waals surface area contributed by atoms with Gasteiger partial charge in [0.15, 0.2) is 15.4 Å². The standard InChI is InChI=1S/C14H8BrNO2S/c15-12-7-6-11(18-12)10-8-19-14(16-10)13(17)9-4-2-1-3-5-9/h1-8H. The van der Waals surface area contributed by atoms with Gasteiger partial charge in [-0.25, -0.2) is 4.98 Å². The van der Waals surface area contributed by atoms with Crippen molar-refractivity contribution in [3.8, 4) is 11.5 Å². The van der Waals surface area contributed by atoms with Gasteiger partial charge in [-0.15, -0.1) is 11.3 Å². The minimum absolute atomic E-state index is 0.0672. The van der Waals surface area contributed by atoms with Crippen molar-refractivity contribution in [1.29, 1.82) is 0 Å². The van der Waals surface area contributed by atoms with Crippen LogP contribution in [0.3, 0.4) is 0 Å². The highest BCUT2D eigenvalue weighted by atomic mass is 79.9. The number of nitrogens with zero attached hydrogens (tertiary/aromatic N) is 1. The number of benzene rings is 1. The van der Waals surface area contributed by atoms with E-state index in [1.165, 1.54) is 11.3 Å². The van der Waals surface area contributed by atoms with Crippen LogP contribution in [0.25, 0.3) is 11.5 Å². The van der Waals surface area contributed by atoms with Crippen LogP contribution in [0.15, 0.2) is 56.9 Å². The molecular formula is C14H8BrNO2S. The Bertz CT molecular complexity index is 718. The number of aromatic nitrogens is 1. The molecule has 0 saturated carbocycles. The van der Waals surface area contributed by atoms with Gasteiger partial charge in [-0.2, -0.15) is 0 Å². The molecule has 0 aliphatic rings. The van der Waals surface area contributed by atoms with Gasteiger partial charge in [-0.3, -0.25) is 4.79 Å². The molecule has 5 heteroatoms. The summed E-state index contributed by atoms with van der Waals surface area (Å²) in [5, 5.41) is 2.29. The molecular weight excluding hydrogens is 326 g/mol. The third-order valence-corrected chi connectivity index (χ3v) is 3.83. The number of hydrogen-bond donors (Lipinski definition) is 0. The second kappa shape index (κ2) is 5.11. The Balaban J connectivity index is 1.92. The lowest BCUT2D eigenvalue weighted by molar-refractivity contribution is 0.103. The van der Waals surface area contributed by atoms with E-state index in [9.17, 15) is 4.79 Å². The number of hydrogen-bond acceptors (Lipinski definition) is 4. The van der Waals surface area contributed by atoms with Gasteiger partial charge >= 0.3 is 0 Å². The molecule has 3 aromatic rings. The molecule has 2 heterocycles. The fraction of sp³-hybridized carbons (Fsp3) is 0. The number of carbonyl (C=O) groups excluding carboxylic acids is 1. The van der Waals surface area contributed by atoms with Crippen LogP contribution in [0.5, 0.6) is 0 Å². The van der Waals surface area contributed by atoms with Crippen molar-refractivity contribution in [2.45, 2.75) is 0 Å². The summed E-state index contributed by atoms with van der Waals surface area (Å²) in [5.74, 6) is 0.581. The van der Waals surface area contributed by atoms with Gasteiger partial charge in [0.05, 0.1) is 0 Å². The zero-order valence-electron chi connectivity index (χ0n) is 9.67. The molecule has 0 atom stereocenters. The highest BCUT2D eigenvalue weighted by Crippen LogP contribution is 2.27. The van der Waals surface area contributed by atoms with E-state index in [4.69, 9.17) is 4.42 Å². The molecule has 94 valence electrons. The van der Waals surface area contributed by atoms with Crippen LogP contribution in [0.4, 0.5) is 0 Å². The Hall–Kier alpha value is -1.72. The van der Waals surface area contributed by atoms with Crippen molar-refractivity contribution in [1.82, 2.24) is 4.98 Å². The Morgan fingerprint density at radius 1 is 1.16 bits per heavy atom. The van der Waals surface area contributed by atoms with Crippen molar-refractivity contribution in [3.63, 3.8) is 0 Å².